The van der Waals surface area contributed by atoms with Crippen molar-refractivity contribution in [2.45, 2.75) is 45.6 Å². The lowest BCUT2D eigenvalue weighted by Crippen LogP contribution is -2.28. The molecule has 1 fully saturated rings. The fourth-order valence-corrected chi connectivity index (χ4v) is 1.77. The van der Waals surface area contributed by atoms with Gasteiger partial charge in [-0.1, -0.05) is 13.8 Å². The predicted molar refractivity (Wildman–Crippen MR) is 52.1 cm³/mol. The molecule has 0 bridgehead atoms. The zero-order valence-electron chi connectivity index (χ0n) is 8.62. The number of ether oxygens (including phenoxy) is 1. The van der Waals surface area contributed by atoms with E-state index in [1.807, 2.05) is 0 Å². The van der Waals surface area contributed by atoms with Gasteiger partial charge in [-0.3, -0.25) is 0 Å². The summed E-state index contributed by atoms with van der Waals surface area (Å²) in [4.78, 5) is 0. The van der Waals surface area contributed by atoms with E-state index < -0.39 is 0 Å². The van der Waals surface area contributed by atoms with Gasteiger partial charge in [0.15, 0.2) is 0 Å². The Balaban J connectivity index is 2.33. The molecule has 0 aliphatic carbocycles. The lowest BCUT2D eigenvalue weighted by atomic mass is 9.91. The van der Waals surface area contributed by atoms with E-state index in [0.717, 1.165) is 25.9 Å². The molecular formula is C11H19NO. The van der Waals surface area contributed by atoms with Gasteiger partial charge < -0.3 is 4.74 Å². The lowest BCUT2D eigenvalue weighted by molar-refractivity contribution is -0.0158. The molecule has 0 N–H and O–H groups in total. The highest BCUT2D eigenvalue weighted by Crippen LogP contribution is 2.24. The second-order valence-electron chi connectivity index (χ2n) is 4.26. The van der Waals surface area contributed by atoms with E-state index >= 15 is 0 Å². The van der Waals surface area contributed by atoms with Crippen molar-refractivity contribution in [1.29, 1.82) is 5.26 Å². The average Bonchev–Trinajstić information content (AvgIpc) is 2.15. The van der Waals surface area contributed by atoms with Crippen molar-refractivity contribution in [3.05, 3.63) is 0 Å². The largest absolute Gasteiger partial charge is 0.377 e. The highest BCUT2D eigenvalue weighted by atomic mass is 16.5. The molecule has 1 heterocycles. The molecule has 1 aliphatic heterocycles. The molecule has 74 valence electrons. The van der Waals surface area contributed by atoms with Crippen LogP contribution in [-0.4, -0.2) is 12.7 Å². The summed E-state index contributed by atoms with van der Waals surface area (Å²) in [5, 5.41) is 8.90. The van der Waals surface area contributed by atoms with Crippen LogP contribution in [0.1, 0.15) is 39.5 Å². The maximum Gasteiger partial charge on any atom is 0.0733 e. The van der Waals surface area contributed by atoms with Gasteiger partial charge in [-0.15, -0.1) is 0 Å². The minimum absolute atomic E-state index is 0.146. The van der Waals surface area contributed by atoms with Crippen molar-refractivity contribution in [3.63, 3.8) is 0 Å². The summed E-state index contributed by atoms with van der Waals surface area (Å²) in [5.74, 6) is 0.859. The molecule has 0 aromatic heterocycles. The van der Waals surface area contributed by atoms with Crippen molar-refractivity contribution in [2.75, 3.05) is 6.61 Å². The molecular weight excluding hydrogens is 162 g/mol. The quantitative estimate of drug-likeness (QED) is 0.670. The van der Waals surface area contributed by atoms with Gasteiger partial charge in [0.05, 0.1) is 18.1 Å². The van der Waals surface area contributed by atoms with Crippen LogP contribution in [0.4, 0.5) is 0 Å². The Morgan fingerprint density at radius 3 is 2.92 bits per heavy atom. The van der Waals surface area contributed by atoms with Crippen molar-refractivity contribution in [3.8, 4) is 6.07 Å². The highest BCUT2D eigenvalue weighted by molar-refractivity contribution is 4.90. The molecule has 0 amide bonds. The molecule has 2 nitrogen and oxygen atoms in total. The predicted octanol–water partition coefficient (Wildman–Crippen LogP) is 2.74. The molecule has 0 aromatic carbocycles. The van der Waals surface area contributed by atoms with Crippen LogP contribution in [0.3, 0.4) is 0 Å². The second kappa shape index (κ2) is 5.24. The van der Waals surface area contributed by atoms with Crippen molar-refractivity contribution in [1.82, 2.24) is 0 Å². The van der Waals surface area contributed by atoms with Gasteiger partial charge in [0, 0.05) is 6.61 Å². The van der Waals surface area contributed by atoms with Crippen molar-refractivity contribution < 1.29 is 4.74 Å². The SMILES string of the molecule is CC(C)CCC1OCCCC1C#N. The van der Waals surface area contributed by atoms with Crippen LogP contribution in [0, 0.1) is 23.2 Å². The Hall–Kier alpha value is -0.550. The number of hydrogen-bond donors (Lipinski definition) is 0. The van der Waals surface area contributed by atoms with Gasteiger partial charge in [-0.2, -0.15) is 5.26 Å². The molecule has 13 heavy (non-hydrogen) atoms. The van der Waals surface area contributed by atoms with Gasteiger partial charge in [0.1, 0.15) is 0 Å². The minimum atomic E-state index is 0.146. The van der Waals surface area contributed by atoms with E-state index in [0.29, 0.717) is 5.92 Å². The Kier molecular flexibility index (Phi) is 4.24. The van der Waals surface area contributed by atoms with Crippen LogP contribution in [0.2, 0.25) is 0 Å². The monoisotopic (exact) mass is 181 g/mol. The number of nitrogens with zero attached hydrogens (tertiary/aromatic N) is 1. The molecule has 1 saturated heterocycles. The van der Waals surface area contributed by atoms with Crippen LogP contribution in [-0.2, 0) is 4.74 Å². The van der Waals surface area contributed by atoms with Crippen LogP contribution in [0.5, 0.6) is 0 Å². The molecule has 0 saturated carbocycles. The lowest BCUT2D eigenvalue weighted by Gasteiger charge is -2.27. The summed E-state index contributed by atoms with van der Waals surface area (Å²) in [6.45, 7) is 5.27. The molecule has 0 radical (unpaired) electrons. The van der Waals surface area contributed by atoms with Crippen LogP contribution >= 0.6 is 0 Å². The standard InChI is InChI=1S/C11H19NO/c1-9(2)5-6-11-10(8-12)4-3-7-13-11/h9-11H,3-7H2,1-2H3. The van der Waals surface area contributed by atoms with Crippen LogP contribution in [0.25, 0.3) is 0 Å². The summed E-state index contributed by atoms with van der Waals surface area (Å²) in [6, 6.07) is 2.35. The van der Waals surface area contributed by atoms with Gasteiger partial charge in [-0.25, -0.2) is 0 Å². The van der Waals surface area contributed by atoms with E-state index in [9.17, 15) is 0 Å². The van der Waals surface area contributed by atoms with Gasteiger partial charge in [0.25, 0.3) is 0 Å². The topological polar surface area (TPSA) is 33.0 Å². The Morgan fingerprint density at radius 2 is 2.31 bits per heavy atom. The first-order chi connectivity index (χ1) is 6.24. The van der Waals surface area contributed by atoms with Gasteiger partial charge in [0.2, 0.25) is 0 Å². The number of rotatable bonds is 3. The number of hydrogen-bond acceptors (Lipinski definition) is 2. The zero-order valence-corrected chi connectivity index (χ0v) is 8.62. The first-order valence-corrected chi connectivity index (χ1v) is 5.25. The molecule has 1 rings (SSSR count). The molecule has 1 aliphatic rings. The third-order valence-corrected chi connectivity index (χ3v) is 2.63. The van der Waals surface area contributed by atoms with E-state index in [-0.39, 0.29) is 12.0 Å². The Bertz CT molecular complexity index is 183. The fraction of sp³-hybridized carbons (Fsp3) is 0.909. The van der Waals surface area contributed by atoms with E-state index in [2.05, 4.69) is 19.9 Å². The molecule has 0 aromatic rings. The summed E-state index contributed by atoms with van der Waals surface area (Å²) >= 11 is 0. The summed E-state index contributed by atoms with van der Waals surface area (Å²) in [6.07, 6.45) is 4.51. The smallest absolute Gasteiger partial charge is 0.0733 e. The Morgan fingerprint density at radius 1 is 1.54 bits per heavy atom. The molecule has 2 atom stereocenters. The average molecular weight is 181 g/mol. The van der Waals surface area contributed by atoms with Crippen molar-refractivity contribution >= 4 is 0 Å². The van der Waals surface area contributed by atoms with Crippen LogP contribution in [0.15, 0.2) is 0 Å². The summed E-state index contributed by atoms with van der Waals surface area (Å²) in [5.41, 5.74) is 0. The molecule has 2 heteroatoms. The summed E-state index contributed by atoms with van der Waals surface area (Å²) in [7, 11) is 0. The first-order valence-electron chi connectivity index (χ1n) is 5.25. The van der Waals surface area contributed by atoms with E-state index in [1.54, 1.807) is 0 Å². The normalized spacial score (nSPS) is 28.8. The second-order valence-corrected chi connectivity index (χ2v) is 4.26. The maximum absolute atomic E-state index is 8.90. The maximum atomic E-state index is 8.90. The Labute approximate surface area is 80.9 Å². The van der Waals surface area contributed by atoms with Gasteiger partial charge >= 0.3 is 0 Å². The first kappa shape index (κ1) is 10.5. The van der Waals surface area contributed by atoms with E-state index in [4.69, 9.17) is 10.00 Å². The van der Waals surface area contributed by atoms with E-state index in [1.165, 1.54) is 6.42 Å². The third-order valence-electron chi connectivity index (χ3n) is 2.63. The highest BCUT2D eigenvalue weighted by Gasteiger charge is 2.25. The summed E-state index contributed by atoms with van der Waals surface area (Å²) < 4.78 is 5.61. The van der Waals surface area contributed by atoms with Crippen molar-refractivity contribution in [2.24, 2.45) is 11.8 Å². The number of nitriles is 1. The molecule has 2 unspecified atom stereocenters. The molecule has 0 spiro atoms. The zero-order chi connectivity index (χ0) is 9.68. The van der Waals surface area contributed by atoms with Gasteiger partial charge in [-0.05, 0) is 31.6 Å². The fourth-order valence-electron chi connectivity index (χ4n) is 1.77. The third kappa shape index (κ3) is 3.36. The van der Waals surface area contributed by atoms with Crippen LogP contribution < -0.4 is 0 Å². The minimum Gasteiger partial charge on any atom is -0.377 e.